The molecule has 0 amide bonds. The van der Waals surface area contributed by atoms with E-state index >= 15 is 0 Å². The lowest BCUT2D eigenvalue weighted by atomic mass is 9.99. The van der Waals surface area contributed by atoms with Gasteiger partial charge in [0, 0.05) is 12.6 Å². The number of carboxylic acids is 1. The first kappa shape index (κ1) is 26.5. The van der Waals surface area contributed by atoms with Crippen molar-refractivity contribution in [2.75, 3.05) is 18.0 Å². The number of aryl methyl sites for hydroxylation is 1. The van der Waals surface area contributed by atoms with E-state index in [2.05, 4.69) is 65.7 Å². The van der Waals surface area contributed by atoms with E-state index in [1.54, 1.807) is 6.07 Å². The maximum absolute atomic E-state index is 11.6. The van der Waals surface area contributed by atoms with Gasteiger partial charge in [-0.05, 0) is 72.5 Å². The number of nitrogens with zero attached hydrogens (tertiary/aromatic N) is 1. The Morgan fingerprint density at radius 1 is 1.05 bits per heavy atom. The summed E-state index contributed by atoms with van der Waals surface area (Å²) >= 11 is 0. The lowest BCUT2D eigenvalue weighted by Gasteiger charge is -2.36. The third-order valence-electron chi connectivity index (χ3n) is 7.04. The number of carbonyl (C=O) groups is 1. The molecule has 1 aliphatic rings. The minimum absolute atomic E-state index is 0. The fourth-order valence-electron chi connectivity index (χ4n) is 5.10. The first-order chi connectivity index (χ1) is 17.5. The average molecular weight is 517 g/mol. The maximum Gasteiger partial charge on any atom is 0.335 e. The van der Waals surface area contributed by atoms with Gasteiger partial charge in [0.15, 0.2) is 0 Å². The van der Waals surface area contributed by atoms with Crippen LogP contribution in [0.15, 0.2) is 84.9 Å². The van der Waals surface area contributed by atoms with Crippen molar-refractivity contribution in [3.63, 3.8) is 0 Å². The number of ether oxygens (including phenoxy) is 1. The molecule has 6 heteroatoms. The number of hydrogen-bond acceptors (Lipinski definition) is 4. The molecule has 1 heterocycles. The Balaban J connectivity index is 0.00000320. The Morgan fingerprint density at radius 3 is 2.65 bits per heavy atom. The molecule has 4 aromatic rings. The van der Waals surface area contributed by atoms with Gasteiger partial charge in [-0.1, -0.05) is 66.7 Å². The van der Waals surface area contributed by atoms with E-state index in [1.165, 1.54) is 16.3 Å². The Labute approximate surface area is 224 Å². The maximum atomic E-state index is 11.6. The molecule has 37 heavy (non-hydrogen) atoms. The van der Waals surface area contributed by atoms with E-state index in [1.807, 2.05) is 37.3 Å². The molecule has 0 radical (unpaired) electrons. The first-order valence-electron chi connectivity index (χ1n) is 12.5. The van der Waals surface area contributed by atoms with E-state index in [-0.39, 0.29) is 24.6 Å². The molecule has 0 spiro atoms. The van der Waals surface area contributed by atoms with E-state index in [0.29, 0.717) is 12.1 Å². The number of rotatable bonds is 8. The average Bonchev–Trinajstić information content (AvgIpc) is 2.89. The van der Waals surface area contributed by atoms with Crippen LogP contribution in [-0.4, -0.2) is 30.3 Å². The normalized spacial score (nSPS) is 15.4. The van der Waals surface area contributed by atoms with Gasteiger partial charge in [-0.3, -0.25) is 0 Å². The molecule has 0 saturated heterocycles. The molecule has 0 aromatic heterocycles. The number of halogens is 1. The molecular weight excluding hydrogens is 484 g/mol. The second kappa shape index (κ2) is 11.7. The number of benzene rings is 4. The van der Waals surface area contributed by atoms with Crippen molar-refractivity contribution in [1.82, 2.24) is 5.32 Å². The first-order valence-corrected chi connectivity index (χ1v) is 12.5. The molecule has 1 aliphatic heterocycles. The Morgan fingerprint density at radius 2 is 1.81 bits per heavy atom. The predicted molar refractivity (Wildman–Crippen MR) is 152 cm³/mol. The second-order valence-electron chi connectivity index (χ2n) is 9.58. The van der Waals surface area contributed by atoms with Gasteiger partial charge >= 0.3 is 5.97 Å². The third kappa shape index (κ3) is 5.90. The summed E-state index contributed by atoms with van der Waals surface area (Å²) in [6, 6.07) is 29.0. The zero-order chi connectivity index (χ0) is 25.1. The van der Waals surface area contributed by atoms with Gasteiger partial charge in [-0.15, -0.1) is 12.4 Å². The van der Waals surface area contributed by atoms with Crippen molar-refractivity contribution in [2.45, 2.75) is 39.0 Å². The summed E-state index contributed by atoms with van der Waals surface area (Å²) in [7, 11) is 0. The molecule has 1 unspecified atom stereocenters. The highest BCUT2D eigenvalue weighted by Crippen LogP contribution is 2.35. The molecule has 0 saturated carbocycles. The van der Waals surface area contributed by atoms with Crippen LogP contribution in [-0.2, 0) is 6.54 Å². The summed E-state index contributed by atoms with van der Waals surface area (Å²) in [4.78, 5) is 13.9. The smallest absolute Gasteiger partial charge is 0.335 e. The highest BCUT2D eigenvalue weighted by Gasteiger charge is 2.26. The third-order valence-corrected chi connectivity index (χ3v) is 7.04. The zero-order valence-electron chi connectivity index (χ0n) is 21.2. The molecule has 0 bridgehead atoms. The summed E-state index contributed by atoms with van der Waals surface area (Å²) in [5, 5.41) is 15.8. The summed E-state index contributed by atoms with van der Waals surface area (Å²) in [5.74, 6) is -0.0117. The summed E-state index contributed by atoms with van der Waals surface area (Å²) in [6.45, 7) is 6.26. The highest BCUT2D eigenvalue weighted by molar-refractivity contribution is 5.89. The van der Waals surface area contributed by atoms with E-state index in [4.69, 9.17) is 4.74 Å². The Kier molecular flexibility index (Phi) is 8.37. The van der Waals surface area contributed by atoms with Crippen LogP contribution >= 0.6 is 12.4 Å². The lowest BCUT2D eigenvalue weighted by Crippen LogP contribution is -2.41. The summed E-state index contributed by atoms with van der Waals surface area (Å²) < 4.78 is 6.36. The van der Waals surface area contributed by atoms with Gasteiger partial charge in [0.05, 0.1) is 17.8 Å². The van der Waals surface area contributed by atoms with Gasteiger partial charge in [0.1, 0.15) is 11.9 Å². The van der Waals surface area contributed by atoms with Crippen LogP contribution < -0.4 is 15.0 Å². The van der Waals surface area contributed by atoms with Crippen molar-refractivity contribution in [3.8, 4) is 5.75 Å². The number of nitrogens with one attached hydrogen (secondary N) is 1. The van der Waals surface area contributed by atoms with Crippen molar-refractivity contribution in [3.05, 3.63) is 107 Å². The van der Waals surface area contributed by atoms with Crippen molar-refractivity contribution in [2.24, 2.45) is 0 Å². The van der Waals surface area contributed by atoms with Crippen LogP contribution in [0, 0.1) is 6.92 Å². The fourth-order valence-corrected chi connectivity index (χ4v) is 5.10. The van der Waals surface area contributed by atoms with Crippen LogP contribution in [0.25, 0.3) is 10.8 Å². The molecule has 0 fully saturated rings. The van der Waals surface area contributed by atoms with Crippen molar-refractivity contribution < 1.29 is 14.6 Å². The minimum atomic E-state index is -0.888. The zero-order valence-corrected chi connectivity index (χ0v) is 22.0. The monoisotopic (exact) mass is 516 g/mol. The molecular formula is C31H33ClN2O3. The fraction of sp³-hybridized carbons (Fsp3) is 0.258. The topological polar surface area (TPSA) is 61.8 Å². The highest BCUT2D eigenvalue weighted by atomic mass is 35.5. The summed E-state index contributed by atoms with van der Waals surface area (Å²) in [6.07, 6.45) is 0.908. The molecule has 2 atom stereocenters. The molecule has 192 valence electrons. The largest absolute Gasteiger partial charge is 0.486 e. The SMILES string of the molecule is Cc1ccc(CN2CC(CCN[C@H](C)c3cccc4ccccc34)Oc3ccccc32)cc1C(=O)O.Cl. The van der Waals surface area contributed by atoms with Crippen LogP contribution in [0.1, 0.15) is 46.4 Å². The molecule has 0 aliphatic carbocycles. The molecule has 4 aromatic carbocycles. The standard InChI is InChI=1S/C31H32N2O3.ClH/c1-21-14-15-23(18-28(21)31(34)35)19-33-20-25(36-30-13-6-5-12-29(30)33)16-17-32-22(2)26-11-7-9-24-8-3-4-10-27(24)26;/h3-15,18,22,25,32H,16-17,19-20H2,1-2H3,(H,34,35);1H/t22-,25?;/m1./s1. The van der Waals surface area contributed by atoms with Gasteiger partial charge in [-0.2, -0.15) is 0 Å². The number of fused-ring (bicyclic) bond motifs is 2. The number of carboxylic acid groups (broad SMARTS) is 1. The molecule has 5 nitrogen and oxygen atoms in total. The van der Waals surface area contributed by atoms with E-state index in [9.17, 15) is 9.90 Å². The van der Waals surface area contributed by atoms with Crippen LogP contribution in [0.3, 0.4) is 0 Å². The predicted octanol–water partition coefficient (Wildman–Crippen LogP) is 6.78. The van der Waals surface area contributed by atoms with Crippen LogP contribution in [0.2, 0.25) is 0 Å². The van der Waals surface area contributed by atoms with Crippen LogP contribution in [0.5, 0.6) is 5.75 Å². The Hall–Kier alpha value is -3.54. The van der Waals surface area contributed by atoms with Gasteiger partial charge in [0.2, 0.25) is 0 Å². The quantitative estimate of drug-likeness (QED) is 0.270. The van der Waals surface area contributed by atoms with Gasteiger partial charge < -0.3 is 20.1 Å². The Bertz CT molecular complexity index is 1380. The summed E-state index contributed by atoms with van der Waals surface area (Å²) in [5.41, 5.74) is 4.47. The number of hydrogen-bond donors (Lipinski definition) is 2. The van der Waals surface area contributed by atoms with Crippen molar-refractivity contribution in [1.29, 1.82) is 0 Å². The molecule has 2 N–H and O–H groups in total. The number of anilines is 1. The number of aromatic carboxylic acids is 1. The number of para-hydroxylation sites is 2. The van der Waals surface area contributed by atoms with E-state index in [0.717, 1.165) is 42.1 Å². The lowest BCUT2D eigenvalue weighted by molar-refractivity contribution is 0.0696. The molecule has 5 rings (SSSR count). The minimum Gasteiger partial charge on any atom is -0.486 e. The van der Waals surface area contributed by atoms with Gasteiger partial charge in [-0.25, -0.2) is 4.79 Å². The van der Waals surface area contributed by atoms with E-state index < -0.39 is 5.97 Å². The van der Waals surface area contributed by atoms with Gasteiger partial charge in [0.25, 0.3) is 0 Å². The van der Waals surface area contributed by atoms with Crippen molar-refractivity contribution >= 4 is 34.8 Å². The second-order valence-corrected chi connectivity index (χ2v) is 9.58. The van der Waals surface area contributed by atoms with Crippen LogP contribution in [0.4, 0.5) is 5.69 Å².